The van der Waals surface area contributed by atoms with Crippen LogP contribution in [0.5, 0.6) is 0 Å². The molecule has 3 rings (SSSR count). The molecule has 1 aliphatic heterocycles. The summed E-state index contributed by atoms with van der Waals surface area (Å²) < 4.78 is 1.74. The monoisotopic (exact) mass is 341 g/mol. The quantitative estimate of drug-likeness (QED) is 0.928. The summed E-state index contributed by atoms with van der Waals surface area (Å²) >= 11 is 0. The first-order valence-electron chi connectivity index (χ1n) is 8.64. The van der Waals surface area contributed by atoms with Crippen molar-refractivity contribution in [3.8, 4) is 5.69 Å². The minimum atomic E-state index is -0.867. The Morgan fingerprint density at radius 2 is 1.72 bits per heavy atom. The highest BCUT2D eigenvalue weighted by molar-refractivity contribution is 5.94. The van der Waals surface area contributed by atoms with Gasteiger partial charge in [-0.05, 0) is 57.4 Å². The molecule has 1 aromatic carbocycles. The van der Waals surface area contributed by atoms with Crippen LogP contribution in [-0.2, 0) is 11.2 Å². The fourth-order valence-corrected chi connectivity index (χ4v) is 3.36. The minimum absolute atomic E-state index is 0.0385. The van der Waals surface area contributed by atoms with Crippen LogP contribution in [0, 0.1) is 13.8 Å². The molecule has 0 saturated carbocycles. The van der Waals surface area contributed by atoms with Gasteiger partial charge in [-0.25, -0.2) is 4.68 Å². The molecule has 6 nitrogen and oxygen atoms in total. The van der Waals surface area contributed by atoms with Crippen molar-refractivity contribution in [2.24, 2.45) is 0 Å². The van der Waals surface area contributed by atoms with E-state index < -0.39 is 5.97 Å². The normalized spacial score (nSPS) is 14.6. The van der Waals surface area contributed by atoms with Gasteiger partial charge in [-0.1, -0.05) is 0 Å². The molecule has 132 valence electrons. The van der Waals surface area contributed by atoms with E-state index in [1.807, 2.05) is 43.0 Å². The van der Waals surface area contributed by atoms with E-state index in [0.29, 0.717) is 11.3 Å². The molecular formula is C19H23N3O3. The smallest absolute Gasteiger partial charge is 0.307 e. The molecule has 0 aliphatic carbocycles. The number of benzene rings is 1. The largest absolute Gasteiger partial charge is 0.481 e. The molecule has 0 spiro atoms. The lowest BCUT2D eigenvalue weighted by atomic mass is 10.1. The summed E-state index contributed by atoms with van der Waals surface area (Å²) in [6.45, 7) is 5.34. The molecule has 1 aliphatic rings. The zero-order chi connectivity index (χ0) is 18.0. The maximum atomic E-state index is 12.5. The van der Waals surface area contributed by atoms with E-state index in [9.17, 15) is 9.59 Å². The Balaban J connectivity index is 1.83. The first kappa shape index (κ1) is 17.2. The summed E-state index contributed by atoms with van der Waals surface area (Å²) in [5.41, 5.74) is 3.77. The first-order chi connectivity index (χ1) is 12.0. The average molecular weight is 341 g/mol. The number of aromatic nitrogens is 2. The van der Waals surface area contributed by atoms with Gasteiger partial charge < -0.3 is 10.0 Å². The molecule has 1 fully saturated rings. The lowest BCUT2D eigenvalue weighted by molar-refractivity contribution is -0.136. The summed E-state index contributed by atoms with van der Waals surface area (Å²) in [6.07, 6.45) is 3.30. The van der Waals surface area contributed by atoms with Crippen molar-refractivity contribution in [3.63, 3.8) is 0 Å². The number of hydrogen-bond acceptors (Lipinski definition) is 3. The second-order valence-electron chi connectivity index (χ2n) is 6.53. The predicted octanol–water partition coefficient (Wildman–Crippen LogP) is 2.74. The van der Waals surface area contributed by atoms with E-state index in [4.69, 9.17) is 5.11 Å². The molecule has 6 heteroatoms. The molecule has 0 bridgehead atoms. The van der Waals surface area contributed by atoms with Crippen molar-refractivity contribution in [1.82, 2.24) is 14.7 Å². The molecule has 1 aromatic heterocycles. The van der Waals surface area contributed by atoms with Gasteiger partial charge in [0.15, 0.2) is 0 Å². The highest BCUT2D eigenvalue weighted by Crippen LogP contribution is 2.20. The Bertz CT molecular complexity index is 787. The van der Waals surface area contributed by atoms with Gasteiger partial charge in [-0.15, -0.1) is 0 Å². The number of carbonyl (C=O) groups excluding carboxylic acids is 1. The van der Waals surface area contributed by atoms with Crippen LogP contribution in [0.2, 0.25) is 0 Å². The third-order valence-corrected chi connectivity index (χ3v) is 4.77. The number of piperidine rings is 1. The molecule has 1 amide bonds. The Labute approximate surface area is 147 Å². The number of carboxylic acids is 1. The fraction of sp³-hybridized carbons (Fsp3) is 0.421. The number of amides is 1. The third-order valence-electron chi connectivity index (χ3n) is 4.77. The van der Waals surface area contributed by atoms with Crippen LogP contribution in [0.15, 0.2) is 24.3 Å². The van der Waals surface area contributed by atoms with Crippen molar-refractivity contribution in [3.05, 3.63) is 46.8 Å². The van der Waals surface area contributed by atoms with Gasteiger partial charge in [-0.3, -0.25) is 9.59 Å². The van der Waals surface area contributed by atoms with Crippen LogP contribution < -0.4 is 0 Å². The van der Waals surface area contributed by atoms with Gasteiger partial charge >= 0.3 is 5.97 Å². The summed E-state index contributed by atoms with van der Waals surface area (Å²) in [5.74, 6) is -0.792. The van der Waals surface area contributed by atoms with E-state index in [1.54, 1.807) is 4.68 Å². The standard InChI is InChI=1S/C19H23N3O3/c1-13-17(12-18(23)24)14(2)22(20-13)16-8-6-15(7-9-16)19(25)21-10-4-3-5-11-21/h6-9H,3-5,10-12H2,1-2H3,(H,23,24). The van der Waals surface area contributed by atoms with Crippen LogP contribution >= 0.6 is 0 Å². The molecule has 2 heterocycles. The summed E-state index contributed by atoms with van der Waals surface area (Å²) in [6, 6.07) is 7.36. The lowest BCUT2D eigenvalue weighted by Crippen LogP contribution is -2.35. The number of carboxylic acid groups (broad SMARTS) is 1. The number of carbonyl (C=O) groups is 2. The average Bonchev–Trinajstić information content (AvgIpc) is 2.90. The van der Waals surface area contributed by atoms with Crippen LogP contribution in [0.4, 0.5) is 0 Å². The van der Waals surface area contributed by atoms with E-state index in [1.165, 1.54) is 6.42 Å². The van der Waals surface area contributed by atoms with Gasteiger partial charge in [0.25, 0.3) is 5.91 Å². The number of aliphatic carboxylic acids is 1. The van der Waals surface area contributed by atoms with Gasteiger partial charge in [0.05, 0.1) is 17.8 Å². The van der Waals surface area contributed by atoms with Crippen LogP contribution in [0.3, 0.4) is 0 Å². The Morgan fingerprint density at radius 3 is 2.32 bits per heavy atom. The number of aryl methyl sites for hydroxylation is 1. The van der Waals surface area contributed by atoms with E-state index in [2.05, 4.69) is 5.10 Å². The molecule has 25 heavy (non-hydrogen) atoms. The first-order valence-corrected chi connectivity index (χ1v) is 8.64. The molecule has 0 radical (unpaired) electrons. The van der Waals surface area contributed by atoms with Crippen molar-refractivity contribution in [2.75, 3.05) is 13.1 Å². The Kier molecular flexibility index (Phi) is 4.88. The fourth-order valence-electron chi connectivity index (χ4n) is 3.36. The zero-order valence-corrected chi connectivity index (χ0v) is 14.7. The SMILES string of the molecule is Cc1nn(-c2ccc(C(=O)N3CCCCC3)cc2)c(C)c1CC(=O)O. The third kappa shape index (κ3) is 3.57. The predicted molar refractivity (Wildman–Crippen MR) is 94.1 cm³/mol. The molecule has 2 aromatic rings. The highest BCUT2D eigenvalue weighted by Gasteiger charge is 2.19. The summed E-state index contributed by atoms with van der Waals surface area (Å²) in [5, 5.41) is 13.5. The number of nitrogens with zero attached hydrogens (tertiary/aromatic N) is 3. The van der Waals surface area contributed by atoms with Crippen molar-refractivity contribution in [1.29, 1.82) is 0 Å². The van der Waals surface area contributed by atoms with Crippen molar-refractivity contribution in [2.45, 2.75) is 39.5 Å². The minimum Gasteiger partial charge on any atom is -0.481 e. The van der Waals surface area contributed by atoms with Gasteiger partial charge in [0.2, 0.25) is 0 Å². The summed E-state index contributed by atoms with van der Waals surface area (Å²) in [4.78, 5) is 25.5. The Morgan fingerprint density at radius 1 is 1.08 bits per heavy atom. The van der Waals surface area contributed by atoms with Crippen LogP contribution in [-0.4, -0.2) is 44.8 Å². The van der Waals surface area contributed by atoms with E-state index in [-0.39, 0.29) is 12.3 Å². The van der Waals surface area contributed by atoms with Crippen LogP contribution in [0.1, 0.15) is 46.6 Å². The van der Waals surface area contributed by atoms with Crippen LogP contribution in [0.25, 0.3) is 5.69 Å². The summed E-state index contributed by atoms with van der Waals surface area (Å²) in [7, 11) is 0. The maximum absolute atomic E-state index is 12.5. The maximum Gasteiger partial charge on any atom is 0.307 e. The van der Waals surface area contributed by atoms with Crippen molar-refractivity contribution >= 4 is 11.9 Å². The molecule has 1 N–H and O–H groups in total. The van der Waals surface area contributed by atoms with E-state index in [0.717, 1.165) is 42.9 Å². The lowest BCUT2D eigenvalue weighted by Gasteiger charge is -2.26. The molecule has 0 atom stereocenters. The zero-order valence-electron chi connectivity index (χ0n) is 14.7. The topological polar surface area (TPSA) is 75.4 Å². The van der Waals surface area contributed by atoms with Gasteiger partial charge in [0, 0.05) is 29.9 Å². The number of likely N-dealkylation sites (tertiary alicyclic amines) is 1. The number of hydrogen-bond donors (Lipinski definition) is 1. The Hall–Kier alpha value is -2.63. The second kappa shape index (κ2) is 7.09. The second-order valence-corrected chi connectivity index (χ2v) is 6.53. The van der Waals surface area contributed by atoms with Gasteiger partial charge in [-0.2, -0.15) is 5.10 Å². The van der Waals surface area contributed by atoms with E-state index >= 15 is 0 Å². The number of rotatable bonds is 4. The van der Waals surface area contributed by atoms with Crippen molar-refractivity contribution < 1.29 is 14.7 Å². The molecular weight excluding hydrogens is 318 g/mol. The molecule has 0 unspecified atom stereocenters. The highest BCUT2D eigenvalue weighted by atomic mass is 16.4. The van der Waals surface area contributed by atoms with Gasteiger partial charge in [0.1, 0.15) is 0 Å². The molecule has 1 saturated heterocycles.